The molecule has 114 valence electrons. The monoisotopic (exact) mass is 312 g/mol. The number of nitrogens with one attached hydrogen (secondary N) is 1. The van der Waals surface area contributed by atoms with Gasteiger partial charge in [-0.25, -0.2) is 8.42 Å². The maximum Gasteiger partial charge on any atom is 0.244 e. The quantitative estimate of drug-likeness (QED) is 0.780. The molecule has 1 saturated heterocycles. The molecule has 0 unspecified atom stereocenters. The molecule has 0 aliphatic carbocycles. The van der Waals surface area contributed by atoms with E-state index in [1.165, 1.54) is 12.1 Å². The number of carbonyl (C=O) groups is 2. The largest absolute Gasteiger partial charge is 0.494 e. The van der Waals surface area contributed by atoms with Crippen molar-refractivity contribution in [2.75, 3.05) is 19.7 Å². The van der Waals surface area contributed by atoms with E-state index in [1.807, 2.05) is 6.92 Å². The van der Waals surface area contributed by atoms with Crippen LogP contribution in [0.1, 0.15) is 13.3 Å². The molecule has 0 saturated carbocycles. The van der Waals surface area contributed by atoms with Gasteiger partial charge in [0.05, 0.1) is 24.6 Å². The molecule has 1 N–H and O–H groups in total. The Morgan fingerprint density at radius 3 is 2.24 bits per heavy atom. The highest BCUT2D eigenvalue weighted by Crippen LogP contribution is 2.20. The van der Waals surface area contributed by atoms with Crippen molar-refractivity contribution < 1.29 is 22.7 Å². The summed E-state index contributed by atoms with van der Waals surface area (Å²) >= 11 is 0. The number of ether oxygens (including phenoxy) is 1. The van der Waals surface area contributed by atoms with Crippen LogP contribution in [-0.4, -0.2) is 44.2 Å². The van der Waals surface area contributed by atoms with Gasteiger partial charge in [-0.05, 0) is 30.7 Å². The smallest absolute Gasteiger partial charge is 0.244 e. The number of piperazine rings is 1. The number of carbonyl (C=O) groups excluding carboxylic acids is 2. The lowest BCUT2D eigenvalue weighted by Crippen LogP contribution is -2.53. The standard InChI is InChI=1S/C13H16N2O5S/c1-2-7-20-10-3-5-11(6-4-10)21(18,19)15-8-12(16)14-13(17)9-15/h3-6H,2,7-9H2,1H3,(H,14,16,17). The molecule has 1 aromatic rings. The van der Waals surface area contributed by atoms with Crippen molar-refractivity contribution in [1.29, 1.82) is 0 Å². The van der Waals surface area contributed by atoms with Gasteiger partial charge in [0.15, 0.2) is 0 Å². The molecular weight excluding hydrogens is 296 g/mol. The van der Waals surface area contributed by atoms with Crippen LogP contribution in [0.5, 0.6) is 5.75 Å². The molecule has 0 spiro atoms. The maximum atomic E-state index is 12.4. The fraction of sp³-hybridized carbons (Fsp3) is 0.385. The summed E-state index contributed by atoms with van der Waals surface area (Å²) in [6, 6.07) is 5.90. The Hall–Kier alpha value is -1.93. The average molecular weight is 312 g/mol. The summed E-state index contributed by atoms with van der Waals surface area (Å²) in [6.45, 7) is 1.80. The summed E-state index contributed by atoms with van der Waals surface area (Å²) in [5, 5.41) is 2.06. The number of hydrogen-bond acceptors (Lipinski definition) is 5. The third-order valence-corrected chi connectivity index (χ3v) is 4.66. The van der Waals surface area contributed by atoms with Gasteiger partial charge in [0.1, 0.15) is 5.75 Å². The van der Waals surface area contributed by atoms with E-state index in [1.54, 1.807) is 12.1 Å². The molecule has 0 radical (unpaired) electrons. The summed E-state index contributed by atoms with van der Waals surface area (Å²) in [6.07, 6.45) is 0.852. The van der Waals surface area contributed by atoms with Crippen LogP contribution in [0.15, 0.2) is 29.2 Å². The summed E-state index contributed by atoms with van der Waals surface area (Å²) < 4.78 is 30.9. The van der Waals surface area contributed by atoms with E-state index in [0.29, 0.717) is 12.4 Å². The first-order chi connectivity index (χ1) is 9.93. The van der Waals surface area contributed by atoms with Crippen molar-refractivity contribution >= 4 is 21.8 Å². The zero-order valence-corrected chi connectivity index (χ0v) is 12.4. The minimum atomic E-state index is -3.87. The third-order valence-electron chi connectivity index (χ3n) is 2.85. The summed E-state index contributed by atoms with van der Waals surface area (Å²) in [5.74, 6) is -0.682. The predicted molar refractivity (Wildman–Crippen MR) is 74.1 cm³/mol. The van der Waals surface area contributed by atoms with Gasteiger partial charge in [-0.1, -0.05) is 6.92 Å². The van der Waals surface area contributed by atoms with Crippen molar-refractivity contribution in [3.63, 3.8) is 0 Å². The summed E-state index contributed by atoms with van der Waals surface area (Å²) in [7, 11) is -3.87. The van der Waals surface area contributed by atoms with E-state index in [0.717, 1.165) is 10.7 Å². The summed E-state index contributed by atoms with van der Waals surface area (Å²) in [5.41, 5.74) is 0. The number of benzene rings is 1. The van der Waals surface area contributed by atoms with E-state index >= 15 is 0 Å². The fourth-order valence-corrected chi connectivity index (χ4v) is 3.21. The lowest BCUT2D eigenvalue weighted by molar-refractivity contribution is -0.134. The highest BCUT2D eigenvalue weighted by Gasteiger charge is 2.32. The molecule has 2 rings (SSSR count). The van der Waals surface area contributed by atoms with Crippen LogP contribution in [0, 0.1) is 0 Å². The maximum absolute atomic E-state index is 12.4. The molecule has 2 amide bonds. The van der Waals surface area contributed by atoms with Crippen LogP contribution in [-0.2, 0) is 19.6 Å². The van der Waals surface area contributed by atoms with Crippen LogP contribution in [0.3, 0.4) is 0 Å². The molecular formula is C13H16N2O5S. The molecule has 0 bridgehead atoms. The van der Waals surface area contributed by atoms with E-state index in [4.69, 9.17) is 4.74 Å². The Morgan fingerprint density at radius 2 is 1.71 bits per heavy atom. The van der Waals surface area contributed by atoms with Gasteiger partial charge in [0.25, 0.3) is 0 Å². The molecule has 7 nitrogen and oxygen atoms in total. The van der Waals surface area contributed by atoms with Crippen LogP contribution >= 0.6 is 0 Å². The Morgan fingerprint density at radius 1 is 1.14 bits per heavy atom. The third kappa shape index (κ3) is 3.59. The number of amides is 2. The van der Waals surface area contributed by atoms with E-state index in [9.17, 15) is 18.0 Å². The SMILES string of the molecule is CCCOc1ccc(S(=O)(=O)N2CC(=O)NC(=O)C2)cc1. The van der Waals surface area contributed by atoms with E-state index in [2.05, 4.69) is 5.32 Å². The summed E-state index contributed by atoms with van der Waals surface area (Å²) in [4.78, 5) is 22.6. The van der Waals surface area contributed by atoms with Crippen LogP contribution in [0.25, 0.3) is 0 Å². The van der Waals surface area contributed by atoms with Gasteiger partial charge < -0.3 is 4.74 Å². The first kappa shape index (κ1) is 15.5. The molecule has 1 heterocycles. The first-order valence-electron chi connectivity index (χ1n) is 6.49. The second kappa shape index (κ2) is 6.23. The van der Waals surface area contributed by atoms with Gasteiger partial charge in [-0.2, -0.15) is 4.31 Å². The van der Waals surface area contributed by atoms with Gasteiger partial charge in [0.2, 0.25) is 21.8 Å². The number of nitrogens with zero attached hydrogens (tertiary/aromatic N) is 1. The highest BCUT2D eigenvalue weighted by atomic mass is 32.2. The zero-order chi connectivity index (χ0) is 15.5. The van der Waals surface area contributed by atoms with Gasteiger partial charge in [-0.3, -0.25) is 14.9 Å². The van der Waals surface area contributed by atoms with E-state index in [-0.39, 0.29) is 18.0 Å². The van der Waals surface area contributed by atoms with Gasteiger partial charge in [-0.15, -0.1) is 0 Å². The molecule has 8 heteroatoms. The normalized spacial score (nSPS) is 16.6. The second-order valence-electron chi connectivity index (χ2n) is 4.56. The predicted octanol–water partition coefficient (Wildman–Crippen LogP) is 0.123. The molecule has 0 atom stereocenters. The molecule has 0 aromatic heterocycles. The van der Waals surface area contributed by atoms with Crippen molar-refractivity contribution in [3.05, 3.63) is 24.3 Å². The zero-order valence-electron chi connectivity index (χ0n) is 11.5. The lowest BCUT2D eigenvalue weighted by Gasteiger charge is -2.24. The Balaban J connectivity index is 2.19. The molecule has 1 aromatic carbocycles. The van der Waals surface area contributed by atoms with Gasteiger partial charge in [0, 0.05) is 0 Å². The topological polar surface area (TPSA) is 92.8 Å². The van der Waals surface area contributed by atoms with Gasteiger partial charge >= 0.3 is 0 Å². The average Bonchev–Trinajstić information content (AvgIpc) is 2.44. The van der Waals surface area contributed by atoms with Crippen LogP contribution in [0.4, 0.5) is 0 Å². The molecule has 21 heavy (non-hydrogen) atoms. The van der Waals surface area contributed by atoms with Crippen LogP contribution < -0.4 is 10.1 Å². The molecule has 1 fully saturated rings. The minimum Gasteiger partial charge on any atom is -0.494 e. The minimum absolute atomic E-state index is 0.0221. The first-order valence-corrected chi connectivity index (χ1v) is 7.93. The van der Waals surface area contributed by atoms with Crippen molar-refractivity contribution in [2.45, 2.75) is 18.2 Å². The highest BCUT2D eigenvalue weighted by molar-refractivity contribution is 7.89. The molecule has 1 aliphatic heterocycles. The number of hydrogen-bond donors (Lipinski definition) is 1. The molecule has 1 aliphatic rings. The van der Waals surface area contributed by atoms with Crippen molar-refractivity contribution in [2.24, 2.45) is 0 Å². The Bertz CT molecular complexity index is 623. The van der Waals surface area contributed by atoms with E-state index < -0.39 is 21.8 Å². The van der Waals surface area contributed by atoms with Crippen molar-refractivity contribution in [1.82, 2.24) is 9.62 Å². The number of imide groups is 1. The van der Waals surface area contributed by atoms with Crippen molar-refractivity contribution in [3.8, 4) is 5.75 Å². The van der Waals surface area contributed by atoms with Crippen LogP contribution in [0.2, 0.25) is 0 Å². The number of rotatable bonds is 5. The Labute approximate surface area is 122 Å². The fourth-order valence-electron chi connectivity index (χ4n) is 1.86. The number of sulfonamides is 1. The lowest BCUT2D eigenvalue weighted by atomic mass is 10.3. The second-order valence-corrected chi connectivity index (χ2v) is 6.50. The Kier molecular flexibility index (Phi) is 4.59.